The molecule has 0 radical (unpaired) electrons. The molecule has 2 atom stereocenters. The van der Waals surface area contributed by atoms with E-state index in [1.54, 1.807) is 42.9 Å². The van der Waals surface area contributed by atoms with Gasteiger partial charge in [0.2, 0.25) is 17.7 Å². The molecule has 6 rings (SSSR count). The molecule has 12 heteroatoms. The van der Waals surface area contributed by atoms with E-state index < -0.39 is 35.7 Å². The van der Waals surface area contributed by atoms with Crippen molar-refractivity contribution in [2.75, 3.05) is 11.9 Å². The van der Waals surface area contributed by atoms with E-state index in [1.807, 2.05) is 25.1 Å². The fourth-order valence-electron chi connectivity index (χ4n) is 5.90. The van der Waals surface area contributed by atoms with Gasteiger partial charge in [-0.1, -0.05) is 18.2 Å². The van der Waals surface area contributed by atoms with Crippen LogP contribution in [0.4, 0.5) is 5.69 Å². The highest BCUT2D eigenvalue weighted by Crippen LogP contribution is 2.36. The highest BCUT2D eigenvalue weighted by atomic mass is 16.3. The summed E-state index contributed by atoms with van der Waals surface area (Å²) in [7, 11) is 0. The molecule has 2 aliphatic rings. The Labute approximate surface area is 257 Å². The average molecular weight is 607 g/mol. The minimum atomic E-state index is -1.05. The molecule has 0 saturated carbocycles. The number of carbonyl (C=O) groups is 5. The second-order valence-corrected chi connectivity index (χ2v) is 11.0. The molecule has 0 bridgehead atoms. The van der Waals surface area contributed by atoms with Crippen LogP contribution in [0.15, 0.2) is 67.1 Å². The Kier molecular flexibility index (Phi) is 7.95. The van der Waals surface area contributed by atoms with Crippen molar-refractivity contribution < 1.29 is 29.1 Å². The van der Waals surface area contributed by atoms with Crippen molar-refractivity contribution >= 4 is 46.1 Å². The first kappa shape index (κ1) is 29.4. The number of phenolic OH excluding ortho intramolecular Hbond substituents is 1. The molecule has 12 nitrogen and oxygen atoms in total. The zero-order chi connectivity index (χ0) is 31.7. The Morgan fingerprint density at radius 1 is 1.09 bits per heavy atom. The van der Waals surface area contributed by atoms with Crippen LogP contribution in [-0.4, -0.2) is 62.1 Å². The molecular weight excluding hydrogens is 576 g/mol. The van der Waals surface area contributed by atoms with Crippen molar-refractivity contribution in [1.82, 2.24) is 25.5 Å². The van der Waals surface area contributed by atoms with Gasteiger partial charge >= 0.3 is 0 Å². The molecule has 1 fully saturated rings. The van der Waals surface area contributed by atoms with Gasteiger partial charge in [0.15, 0.2) is 0 Å². The Balaban J connectivity index is 1.13. The van der Waals surface area contributed by atoms with E-state index in [1.165, 1.54) is 6.07 Å². The molecule has 0 aliphatic carbocycles. The van der Waals surface area contributed by atoms with Gasteiger partial charge in [-0.25, -0.2) is 0 Å². The minimum Gasteiger partial charge on any atom is -0.505 e. The summed E-state index contributed by atoms with van der Waals surface area (Å²) in [6.07, 6.45) is 5.49. The number of benzene rings is 2. The monoisotopic (exact) mass is 606 g/mol. The highest BCUT2D eigenvalue weighted by Gasteiger charge is 2.45. The number of fused-ring (bicyclic) bond motifs is 2. The fraction of sp³-hybridized carbons (Fsp3) is 0.242. The maximum atomic E-state index is 13.3. The van der Waals surface area contributed by atoms with E-state index in [9.17, 15) is 29.1 Å². The molecular formula is C33H30N6O6. The predicted molar refractivity (Wildman–Crippen MR) is 163 cm³/mol. The molecule has 4 heterocycles. The van der Waals surface area contributed by atoms with Crippen LogP contribution >= 0.6 is 0 Å². The van der Waals surface area contributed by atoms with Gasteiger partial charge in [-0.2, -0.15) is 0 Å². The van der Waals surface area contributed by atoms with Crippen LogP contribution in [0, 0.1) is 6.92 Å². The number of phenols is 1. The molecule has 1 saturated heterocycles. The first-order valence-corrected chi connectivity index (χ1v) is 14.6. The molecule has 0 spiro atoms. The zero-order valence-electron chi connectivity index (χ0n) is 24.4. The number of aromatic hydroxyl groups is 1. The summed E-state index contributed by atoms with van der Waals surface area (Å²) in [5.41, 5.74) is 3.28. The van der Waals surface area contributed by atoms with Gasteiger partial charge in [0.1, 0.15) is 17.3 Å². The fourth-order valence-corrected chi connectivity index (χ4v) is 5.90. The smallest absolute Gasteiger partial charge is 0.264 e. The van der Waals surface area contributed by atoms with Crippen molar-refractivity contribution in [3.8, 4) is 5.75 Å². The van der Waals surface area contributed by atoms with Crippen LogP contribution in [0.3, 0.4) is 0 Å². The third kappa shape index (κ3) is 5.57. The Morgan fingerprint density at radius 2 is 1.91 bits per heavy atom. The van der Waals surface area contributed by atoms with Crippen molar-refractivity contribution in [3.63, 3.8) is 0 Å². The van der Waals surface area contributed by atoms with E-state index in [2.05, 4.69) is 25.9 Å². The summed E-state index contributed by atoms with van der Waals surface area (Å²) < 4.78 is 0. The number of pyridine rings is 2. The largest absolute Gasteiger partial charge is 0.505 e. The van der Waals surface area contributed by atoms with Crippen LogP contribution in [0.25, 0.3) is 10.9 Å². The number of aromatic nitrogens is 2. The van der Waals surface area contributed by atoms with Gasteiger partial charge in [-0.3, -0.25) is 44.2 Å². The SMILES string of the molecule is Cc1cc(C(NC(=O)CCCNc2cccc3c2C(=O)N(C2CCC(=O)NC2=O)C3=O)c2cccnc2)c(O)c2ncccc12. The van der Waals surface area contributed by atoms with Crippen molar-refractivity contribution in [3.05, 3.63) is 94.9 Å². The normalized spacial score (nSPS) is 16.8. The average Bonchev–Trinajstić information content (AvgIpc) is 3.30. The summed E-state index contributed by atoms with van der Waals surface area (Å²) in [6, 6.07) is 12.2. The van der Waals surface area contributed by atoms with E-state index in [4.69, 9.17) is 0 Å². The summed E-state index contributed by atoms with van der Waals surface area (Å²) in [5, 5.41) is 20.3. The van der Waals surface area contributed by atoms with Crippen LogP contribution in [0.5, 0.6) is 5.75 Å². The number of aryl methyl sites for hydroxylation is 1. The van der Waals surface area contributed by atoms with Crippen LogP contribution in [0.1, 0.15) is 69.1 Å². The van der Waals surface area contributed by atoms with Gasteiger partial charge in [0, 0.05) is 54.6 Å². The lowest BCUT2D eigenvalue weighted by Crippen LogP contribution is -2.54. The second-order valence-electron chi connectivity index (χ2n) is 11.0. The lowest BCUT2D eigenvalue weighted by Gasteiger charge is -2.27. The third-order valence-corrected chi connectivity index (χ3v) is 8.10. The van der Waals surface area contributed by atoms with E-state index in [0.717, 1.165) is 15.8 Å². The van der Waals surface area contributed by atoms with Gasteiger partial charge in [-0.05, 0) is 61.2 Å². The lowest BCUT2D eigenvalue weighted by atomic mass is 9.94. The minimum absolute atomic E-state index is 0.0180. The second kappa shape index (κ2) is 12.2. The number of hydrogen-bond acceptors (Lipinski definition) is 9. The Bertz CT molecular complexity index is 1860. The summed E-state index contributed by atoms with van der Waals surface area (Å²) >= 11 is 0. The number of piperidine rings is 1. The van der Waals surface area contributed by atoms with E-state index >= 15 is 0 Å². The summed E-state index contributed by atoms with van der Waals surface area (Å²) in [4.78, 5) is 73.0. The predicted octanol–water partition coefficient (Wildman–Crippen LogP) is 3.14. The standard InChI is InChI=1S/C33H30N6O6/c1-18-16-22(30(42)29-20(18)8-4-15-36-29)28(19-6-3-13-34-17-19)37-25(40)10-5-14-35-23-9-2-7-21-27(23)33(45)39(32(21)44)24-11-12-26(41)38-31(24)43/h2-4,6-9,13,15-17,24,28,35,42H,5,10-12,14H2,1H3,(H,37,40)(H,38,41,43). The Hall–Kier alpha value is -5.65. The van der Waals surface area contributed by atoms with Gasteiger partial charge in [0.25, 0.3) is 11.8 Å². The summed E-state index contributed by atoms with van der Waals surface area (Å²) in [6.45, 7) is 2.23. The number of carbonyl (C=O) groups excluding carboxylic acids is 5. The van der Waals surface area contributed by atoms with Gasteiger partial charge < -0.3 is 15.7 Å². The van der Waals surface area contributed by atoms with E-state index in [0.29, 0.717) is 35.3 Å². The molecule has 2 aromatic carbocycles. The van der Waals surface area contributed by atoms with Crippen LogP contribution in [-0.2, 0) is 14.4 Å². The lowest BCUT2D eigenvalue weighted by molar-refractivity contribution is -0.136. The van der Waals surface area contributed by atoms with Crippen LogP contribution < -0.4 is 16.0 Å². The number of amides is 5. The first-order chi connectivity index (χ1) is 21.7. The molecule has 45 heavy (non-hydrogen) atoms. The number of nitrogens with one attached hydrogen (secondary N) is 3. The van der Waals surface area contributed by atoms with Crippen molar-refractivity contribution in [1.29, 1.82) is 0 Å². The molecule has 2 aromatic heterocycles. The first-order valence-electron chi connectivity index (χ1n) is 14.6. The topological polar surface area (TPSA) is 171 Å². The number of imide groups is 2. The summed E-state index contributed by atoms with van der Waals surface area (Å²) in [5.74, 6) is -2.59. The maximum absolute atomic E-state index is 13.3. The molecule has 5 amide bonds. The van der Waals surface area contributed by atoms with Crippen molar-refractivity contribution in [2.24, 2.45) is 0 Å². The number of hydrogen-bond donors (Lipinski definition) is 4. The number of rotatable bonds is 9. The van der Waals surface area contributed by atoms with Gasteiger partial charge in [0.05, 0.1) is 17.2 Å². The maximum Gasteiger partial charge on any atom is 0.264 e. The molecule has 4 aromatic rings. The van der Waals surface area contributed by atoms with E-state index in [-0.39, 0.29) is 42.0 Å². The quantitative estimate of drug-likeness (QED) is 0.165. The molecule has 2 aliphatic heterocycles. The van der Waals surface area contributed by atoms with Crippen LogP contribution in [0.2, 0.25) is 0 Å². The molecule has 4 N–H and O–H groups in total. The third-order valence-electron chi connectivity index (χ3n) is 8.10. The molecule has 2 unspecified atom stereocenters. The highest BCUT2D eigenvalue weighted by molar-refractivity contribution is 6.25. The molecule has 228 valence electrons. The number of nitrogens with zero attached hydrogens (tertiary/aromatic N) is 3. The number of anilines is 1. The van der Waals surface area contributed by atoms with Crippen molar-refractivity contribution in [2.45, 2.75) is 44.7 Å². The van der Waals surface area contributed by atoms with Gasteiger partial charge in [-0.15, -0.1) is 0 Å². The Morgan fingerprint density at radius 3 is 2.69 bits per heavy atom. The zero-order valence-corrected chi connectivity index (χ0v) is 24.4.